The summed E-state index contributed by atoms with van der Waals surface area (Å²) < 4.78 is 6.01. The summed E-state index contributed by atoms with van der Waals surface area (Å²) in [5, 5.41) is 0. The number of carbonyl (C=O) groups excluding carboxylic acids is 2. The molecular weight excluding hydrogens is 448 g/mol. The molecule has 0 spiro atoms. The number of rotatable bonds is 6. The van der Waals surface area contributed by atoms with E-state index in [9.17, 15) is 9.59 Å². The number of hydrogen-bond acceptors (Lipinski definition) is 4. The Morgan fingerprint density at radius 2 is 1.50 bits per heavy atom. The van der Waals surface area contributed by atoms with Crippen molar-refractivity contribution < 1.29 is 14.3 Å². The monoisotopic (exact) mass is 480 g/mol. The summed E-state index contributed by atoms with van der Waals surface area (Å²) in [6.07, 6.45) is 7.27. The highest BCUT2D eigenvalue weighted by Gasteiger charge is 2.43. The Morgan fingerprint density at radius 3 is 2.14 bits per heavy atom. The number of Topliss-reactive ketones (excluding diaryl/α,β-unsaturated/α-hetero) is 1. The molecule has 2 aromatic carbocycles. The second-order valence-corrected chi connectivity index (χ2v) is 10.4. The number of piperidine rings is 2. The minimum Gasteiger partial charge on any atom is -0.448 e. The van der Waals surface area contributed by atoms with Gasteiger partial charge >= 0.3 is 6.09 Å². The average Bonchev–Trinajstić information content (AvgIpc) is 3.24. The predicted octanol–water partition coefficient (Wildman–Crippen LogP) is 6.17. The second kappa shape index (κ2) is 9.88. The lowest BCUT2D eigenvalue weighted by Gasteiger charge is -2.47. The number of carbonyl (C=O) groups is 2. The van der Waals surface area contributed by atoms with E-state index in [2.05, 4.69) is 53.5 Å². The van der Waals surface area contributed by atoms with Gasteiger partial charge in [0.05, 0.1) is 0 Å². The summed E-state index contributed by atoms with van der Waals surface area (Å²) in [6, 6.07) is 22.8. The molecule has 5 nitrogen and oxygen atoms in total. The molecule has 6 rings (SSSR count). The fourth-order valence-corrected chi connectivity index (χ4v) is 6.61. The van der Waals surface area contributed by atoms with Crippen LogP contribution in [0.2, 0.25) is 0 Å². The smallest absolute Gasteiger partial charge is 0.410 e. The molecular formula is C31H32N2O3. The van der Waals surface area contributed by atoms with Crippen molar-refractivity contribution in [3.63, 3.8) is 0 Å². The summed E-state index contributed by atoms with van der Waals surface area (Å²) in [5.74, 6) is 0.401. The molecule has 2 bridgehead atoms. The van der Waals surface area contributed by atoms with E-state index in [4.69, 9.17) is 4.74 Å². The van der Waals surface area contributed by atoms with Crippen molar-refractivity contribution in [2.75, 3.05) is 6.61 Å². The molecule has 1 amide bonds. The Balaban J connectivity index is 1.10. The average molecular weight is 481 g/mol. The molecule has 5 heteroatoms. The van der Waals surface area contributed by atoms with E-state index >= 15 is 0 Å². The van der Waals surface area contributed by atoms with Crippen molar-refractivity contribution in [2.24, 2.45) is 5.92 Å². The number of ketones is 1. The fourth-order valence-electron chi connectivity index (χ4n) is 6.61. The fraction of sp³-hybridized carbons (Fsp3) is 0.387. The third kappa shape index (κ3) is 4.32. The quantitative estimate of drug-likeness (QED) is 0.424. The van der Waals surface area contributed by atoms with Gasteiger partial charge in [-0.15, -0.1) is 0 Å². The lowest BCUT2D eigenvalue weighted by molar-refractivity contribution is -0.126. The molecule has 0 saturated carbocycles. The number of fused-ring (bicyclic) bond motifs is 5. The number of nitrogens with zero attached hydrogens (tertiary/aromatic N) is 2. The lowest BCUT2D eigenvalue weighted by atomic mass is 9.76. The number of ether oxygens (including phenoxy) is 1. The molecule has 2 saturated heterocycles. The van der Waals surface area contributed by atoms with Gasteiger partial charge in [0.15, 0.2) is 0 Å². The molecule has 3 aromatic rings. The van der Waals surface area contributed by atoms with Crippen molar-refractivity contribution in [1.82, 2.24) is 9.88 Å². The van der Waals surface area contributed by atoms with Crippen LogP contribution in [-0.2, 0) is 16.0 Å². The first-order chi connectivity index (χ1) is 17.7. The first-order valence-electron chi connectivity index (χ1n) is 13.2. The molecule has 0 N–H and O–H groups in total. The van der Waals surface area contributed by atoms with Gasteiger partial charge in [-0.1, -0.05) is 54.6 Å². The molecule has 1 aromatic heterocycles. The van der Waals surface area contributed by atoms with Crippen molar-refractivity contribution in [3.05, 3.63) is 89.7 Å². The number of pyridine rings is 1. The van der Waals surface area contributed by atoms with Crippen LogP contribution < -0.4 is 0 Å². The lowest BCUT2D eigenvalue weighted by Crippen LogP contribution is -2.55. The molecule has 1 aliphatic carbocycles. The van der Waals surface area contributed by atoms with Crippen LogP contribution in [0.5, 0.6) is 0 Å². The van der Waals surface area contributed by atoms with Gasteiger partial charge in [-0.05, 0) is 72.9 Å². The molecule has 36 heavy (non-hydrogen) atoms. The predicted molar refractivity (Wildman–Crippen MR) is 139 cm³/mol. The standard InChI is InChI=1S/C31H32N2O3/c34-30(16-15-22-8-5-6-17-32-22)21-18-23-9-7-10-24(19-21)33(23)31(35)36-20-29-27-13-3-1-11-25(27)26-12-2-4-14-28(26)29/h1-6,8,11-14,17,21,23-24,29H,7,9-10,15-16,18-20H2. The van der Waals surface area contributed by atoms with Crippen LogP contribution in [-0.4, -0.2) is 40.5 Å². The molecule has 3 heterocycles. The number of benzene rings is 2. The Morgan fingerprint density at radius 1 is 0.861 bits per heavy atom. The molecule has 2 fully saturated rings. The highest BCUT2D eigenvalue weighted by molar-refractivity contribution is 5.82. The molecule has 2 unspecified atom stereocenters. The van der Waals surface area contributed by atoms with E-state index in [1.165, 1.54) is 22.3 Å². The van der Waals surface area contributed by atoms with Gasteiger partial charge < -0.3 is 9.64 Å². The van der Waals surface area contributed by atoms with Crippen LogP contribution in [0.3, 0.4) is 0 Å². The Bertz CT molecular complexity index is 1200. The Labute approximate surface area is 212 Å². The summed E-state index contributed by atoms with van der Waals surface area (Å²) in [7, 11) is 0. The van der Waals surface area contributed by atoms with E-state index < -0.39 is 0 Å². The molecule has 184 valence electrons. The highest BCUT2D eigenvalue weighted by Crippen LogP contribution is 2.45. The minimum absolute atomic E-state index is 0.0293. The largest absolute Gasteiger partial charge is 0.448 e. The zero-order valence-corrected chi connectivity index (χ0v) is 20.5. The van der Waals surface area contributed by atoms with Gasteiger partial charge in [-0.3, -0.25) is 9.78 Å². The SMILES string of the molecule is O=C(CCc1ccccn1)C1CC2CCCC(C1)N2C(=O)OCC1c2ccccc2-c2ccccc21. The maximum Gasteiger partial charge on any atom is 0.410 e. The van der Waals surface area contributed by atoms with Gasteiger partial charge in [0, 0.05) is 42.2 Å². The van der Waals surface area contributed by atoms with Gasteiger partial charge in [0.25, 0.3) is 0 Å². The number of hydrogen-bond donors (Lipinski definition) is 0. The first-order valence-corrected chi connectivity index (χ1v) is 13.2. The van der Waals surface area contributed by atoms with Crippen LogP contribution in [0.4, 0.5) is 4.79 Å². The van der Waals surface area contributed by atoms with Gasteiger partial charge in [-0.2, -0.15) is 0 Å². The molecule has 3 aliphatic rings. The second-order valence-electron chi connectivity index (χ2n) is 10.4. The first kappa shape index (κ1) is 23.0. The van der Waals surface area contributed by atoms with E-state index in [-0.39, 0.29) is 30.0 Å². The number of aromatic nitrogens is 1. The minimum atomic E-state index is -0.217. The normalized spacial score (nSPS) is 22.6. The van der Waals surface area contributed by atoms with E-state index in [0.29, 0.717) is 25.2 Å². The zero-order valence-electron chi connectivity index (χ0n) is 20.5. The topological polar surface area (TPSA) is 59.5 Å². The summed E-state index contributed by atoms with van der Waals surface area (Å²) in [6.45, 7) is 0.342. The maximum absolute atomic E-state index is 13.4. The van der Waals surface area contributed by atoms with Crippen molar-refractivity contribution in [1.29, 1.82) is 0 Å². The Kier molecular flexibility index (Phi) is 6.30. The van der Waals surface area contributed by atoms with Crippen LogP contribution in [0.1, 0.15) is 61.3 Å². The van der Waals surface area contributed by atoms with Gasteiger partial charge in [-0.25, -0.2) is 4.79 Å². The van der Waals surface area contributed by atoms with E-state index in [1.807, 2.05) is 23.1 Å². The van der Waals surface area contributed by atoms with Crippen molar-refractivity contribution in [2.45, 2.75) is 62.9 Å². The molecule has 2 atom stereocenters. The number of amides is 1. The molecule has 2 aliphatic heterocycles. The van der Waals surface area contributed by atoms with Crippen molar-refractivity contribution >= 4 is 11.9 Å². The zero-order chi connectivity index (χ0) is 24.5. The van der Waals surface area contributed by atoms with Gasteiger partial charge in [0.1, 0.15) is 12.4 Å². The molecule has 0 radical (unpaired) electrons. The van der Waals surface area contributed by atoms with Crippen LogP contribution >= 0.6 is 0 Å². The van der Waals surface area contributed by atoms with Crippen LogP contribution in [0.15, 0.2) is 72.9 Å². The van der Waals surface area contributed by atoms with Crippen molar-refractivity contribution in [3.8, 4) is 11.1 Å². The van der Waals surface area contributed by atoms with Crippen LogP contribution in [0, 0.1) is 5.92 Å². The third-order valence-electron chi connectivity index (χ3n) is 8.33. The summed E-state index contributed by atoms with van der Waals surface area (Å²) in [4.78, 5) is 32.8. The van der Waals surface area contributed by atoms with Gasteiger partial charge in [0.2, 0.25) is 0 Å². The van der Waals surface area contributed by atoms with E-state index in [0.717, 1.165) is 37.8 Å². The number of aryl methyl sites for hydroxylation is 1. The third-order valence-corrected chi connectivity index (χ3v) is 8.33. The summed E-state index contributed by atoms with van der Waals surface area (Å²) in [5.41, 5.74) is 5.88. The summed E-state index contributed by atoms with van der Waals surface area (Å²) >= 11 is 0. The van der Waals surface area contributed by atoms with E-state index in [1.54, 1.807) is 6.20 Å². The van der Waals surface area contributed by atoms with Crippen LogP contribution in [0.25, 0.3) is 11.1 Å². The Hall–Kier alpha value is -3.47. The highest BCUT2D eigenvalue weighted by atomic mass is 16.6. The maximum atomic E-state index is 13.4.